The zero-order valence-corrected chi connectivity index (χ0v) is 22.6. The van der Waals surface area contributed by atoms with Crippen molar-refractivity contribution >= 4 is 13.3 Å². The zero-order valence-electron chi connectivity index (χ0n) is 22.6. The average Bonchev–Trinajstić information content (AvgIpc) is 3.02. The molecule has 0 saturated heterocycles. The minimum Gasteiger partial charge on any atom is -0.208 e. The van der Waals surface area contributed by atoms with Gasteiger partial charge in [-0.3, -0.25) is 0 Å². The van der Waals surface area contributed by atoms with Gasteiger partial charge < -0.3 is 0 Å². The molecule has 0 unspecified atom stereocenters. The van der Waals surface area contributed by atoms with Crippen LogP contribution >= 0.6 is 0 Å². The van der Waals surface area contributed by atoms with Gasteiger partial charge in [0.15, 0.2) is 17.5 Å². The van der Waals surface area contributed by atoms with Crippen LogP contribution in [0.4, 0.5) is 0 Å². The van der Waals surface area contributed by atoms with Gasteiger partial charge in [-0.15, -0.1) is 0 Å². The monoisotopic (exact) mass is 513 g/mol. The lowest BCUT2D eigenvalue weighted by Crippen LogP contribution is -2.08. The molecule has 0 atom stereocenters. The third kappa shape index (κ3) is 5.34. The summed E-state index contributed by atoms with van der Waals surface area (Å²) in [5.41, 5.74) is 9.33. The molecule has 0 fully saturated rings. The van der Waals surface area contributed by atoms with Crippen molar-refractivity contribution in [2.24, 2.45) is 0 Å². The first kappa shape index (κ1) is 25.5. The summed E-state index contributed by atoms with van der Waals surface area (Å²) in [5, 5.41) is 0. The Kier molecular flexibility index (Phi) is 7.07. The maximum absolute atomic E-state index is 6.16. The molecule has 190 valence electrons. The first-order valence-electron chi connectivity index (χ1n) is 13.5. The van der Waals surface area contributed by atoms with Crippen LogP contribution in [0.2, 0.25) is 0 Å². The Morgan fingerprint density at radius 3 is 1.30 bits per heavy atom. The summed E-state index contributed by atoms with van der Waals surface area (Å²) in [6.07, 6.45) is 0. The molecule has 0 spiro atoms. The van der Waals surface area contributed by atoms with Crippen LogP contribution in [0.5, 0.6) is 0 Å². The average molecular weight is 513 g/mol. The molecule has 2 radical (unpaired) electrons. The van der Waals surface area contributed by atoms with Gasteiger partial charge in [0, 0.05) is 16.7 Å². The summed E-state index contributed by atoms with van der Waals surface area (Å²) < 4.78 is 0. The van der Waals surface area contributed by atoms with Gasteiger partial charge in [-0.2, -0.15) is 0 Å². The summed E-state index contributed by atoms with van der Waals surface area (Å²) in [6.45, 7) is 4.32. The first-order chi connectivity index (χ1) is 19.5. The molecule has 0 saturated carbocycles. The Bertz CT molecular complexity index is 1640. The highest BCUT2D eigenvalue weighted by Gasteiger charge is 2.16. The number of benzene rings is 5. The van der Waals surface area contributed by atoms with Crippen LogP contribution in [-0.2, 0) is 0 Å². The van der Waals surface area contributed by atoms with E-state index in [-0.39, 0.29) is 5.92 Å². The van der Waals surface area contributed by atoms with Gasteiger partial charge in [-0.05, 0) is 33.7 Å². The van der Waals surface area contributed by atoms with E-state index >= 15 is 0 Å². The van der Waals surface area contributed by atoms with Crippen LogP contribution in [0.1, 0.15) is 25.3 Å². The van der Waals surface area contributed by atoms with Crippen molar-refractivity contribution < 1.29 is 0 Å². The van der Waals surface area contributed by atoms with Crippen molar-refractivity contribution in [2.45, 2.75) is 19.8 Å². The number of nitrogens with zero attached hydrogens (tertiary/aromatic N) is 3. The smallest absolute Gasteiger partial charge is 0.164 e. The molecule has 5 aromatic carbocycles. The van der Waals surface area contributed by atoms with Crippen LogP contribution in [0, 0.1) is 0 Å². The van der Waals surface area contributed by atoms with Crippen molar-refractivity contribution in [1.82, 2.24) is 15.0 Å². The Morgan fingerprint density at radius 1 is 0.450 bits per heavy atom. The molecule has 1 aromatic heterocycles. The fraction of sp³-hybridized carbons (Fsp3) is 0.0833. The molecule has 4 heteroatoms. The van der Waals surface area contributed by atoms with Crippen LogP contribution < -0.4 is 5.46 Å². The minimum atomic E-state index is 0.262. The molecule has 1 heterocycles. The van der Waals surface area contributed by atoms with Gasteiger partial charge in [0.2, 0.25) is 0 Å². The molecule has 0 N–H and O–H groups in total. The van der Waals surface area contributed by atoms with Crippen LogP contribution in [0.15, 0.2) is 127 Å². The molecule has 6 rings (SSSR count). The van der Waals surface area contributed by atoms with E-state index in [9.17, 15) is 0 Å². The summed E-state index contributed by atoms with van der Waals surface area (Å²) in [5.74, 6) is 2.18. The number of aromatic nitrogens is 3. The highest BCUT2D eigenvalue weighted by Crippen LogP contribution is 2.31. The van der Waals surface area contributed by atoms with E-state index in [1.165, 1.54) is 11.1 Å². The molecule has 0 aliphatic rings. The van der Waals surface area contributed by atoms with Gasteiger partial charge in [0.05, 0.1) is 0 Å². The molecular weight excluding hydrogens is 485 g/mol. The fourth-order valence-corrected chi connectivity index (χ4v) is 4.90. The first-order valence-corrected chi connectivity index (χ1v) is 13.5. The van der Waals surface area contributed by atoms with Crippen LogP contribution in [0.3, 0.4) is 0 Å². The summed E-state index contributed by atoms with van der Waals surface area (Å²) in [4.78, 5) is 14.9. The van der Waals surface area contributed by atoms with Gasteiger partial charge in [-0.25, -0.2) is 15.0 Å². The van der Waals surface area contributed by atoms with Gasteiger partial charge in [-0.1, -0.05) is 147 Å². The van der Waals surface area contributed by atoms with Crippen LogP contribution in [0.25, 0.3) is 56.4 Å². The lowest BCUT2D eigenvalue weighted by atomic mass is 9.88. The van der Waals surface area contributed by atoms with Crippen molar-refractivity contribution in [2.75, 3.05) is 0 Å². The Balaban J connectivity index is 1.46. The zero-order chi connectivity index (χ0) is 27.5. The summed E-state index contributed by atoms with van der Waals surface area (Å²) >= 11 is 0. The topological polar surface area (TPSA) is 38.7 Å². The van der Waals surface area contributed by atoms with Crippen LogP contribution in [-0.4, -0.2) is 22.8 Å². The van der Waals surface area contributed by atoms with Gasteiger partial charge in [0.25, 0.3) is 0 Å². The molecule has 6 aromatic rings. The normalized spacial score (nSPS) is 11.1. The van der Waals surface area contributed by atoms with Crippen molar-refractivity contribution in [3.63, 3.8) is 0 Å². The van der Waals surface area contributed by atoms with E-state index in [0.29, 0.717) is 17.5 Å². The van der Waals surface area contributed by atoms with Crippen molar-refractivity contribution in [3.8, 4) is 56.4 Å². The molecule has 0 aliphatic heterocycles. The second kappa shape index (κ2) is 11.1. The van der Waals surface area contributed by atoms with E-state index in [0.717, 1.165) is 38.8 Å². The van der Waals surface area contributed by atoms with E-state index in [4.69, 9.17) is 22.8 Å². The fourth-order valence-electron chi connectivity index (χ4n) is 4.90. The SMILES string of the molecule is [B]c1ccc(-c2nc(-c3ccc(-c4ccccc4)cc3)nc(-c3ccc(-c4ccccc4)cc3)n2)c(C(C)C)c1. The molecule has 0 bridgehead atoms. The van der Waals surface area contributed by atoms with E-state index in [2.05, 4.69) is 111 Å². The third-order valence-corrected chi connectivity index (χ3v) is 7.07. The predicted molar refractivity (Wildman–Crippen MR) is 166 cm³/mol. The van der Waals surface area contributed by atoms with Gasteiger partial charge >= 0.3 is 0 Å². The highest BCUT2D eigenvalue weighted by molar-refractivity contribution is 6.32. The Hall–Kier alpha value is -4.83. The molecule has 0 amide bonds. The standard InChI is InChI=1S/C36H28BN3/c1-24(2)33-23-31(37)21-22-32(33)36-39-34(29-17-13-27(14-18-29)25-9-5-3-6-10-25)38-35(40-36)30-19-15-28(16-20-30)26-11-7-4-8-12-26/h3-24H,1-2H3. The van der Waals surface area contributed by atoms with Crippen molar-refractivity contribution in [1.29, 1.82) is 0 Å². The lowest BCUT2D eigenvalue weighted by Gasteiger charge is -2.15. The minimum absolute atomic E-state index is 0.262. The van der Waals surface area contributed by atoms with E-state index in [1.54, 1.807) is 0 Å². The quantitative estimate of drug-likeness (QED) is 0.211. The molecule has 3 nitrogen and oxygen atoms in total. The third-order valence-electron chi connectivity index (χ3n) is 7.07. The summed E-state index contributed by atoms with van der Waals surface area (Å²) in [6, 6.07) is 43.4. The molecule has 0 aliphatic carbocycles. The van der Waals surface area contributed by atoms with E-state index in [1.807, 2.05) is 30.3 Å². The molecule has 40 heavy (non-hydrogen) atoms. The largest absolute Gasteiger partial charge is 0.208 e. The Labute approximate surface area is 237 Å². The number of hydrogen-bond donors (Lipinski definition) is 0. The lowest BCUT2D eigenvalue weighted by molar-refractivity contribution is 0.867. The van der Waals surface area contributed by atoms with Gasteiger partial charge in [0.1, 0.15) is 7.85 Å². The highest BCUT2D eigenvalue weighted by atomic mass is 15.0. The number of rotatable bonds is 6. The number of hydrogen-bond acceptors (Lipinski definition) is 3. The second-order valence-corrected chi connectivity index (χ2v) is 10.2. The Morgan fingerprint density at radius 2 is 0.850 bits per heavy atom. The second-order valence-electron chi connectivity index (χ2n) is 10.2. The maximum atomic E-state index is 6.16. The predicted octanol–water partition coefficient (Wildman–Crippen LogP) is 8.12. The summed E-state index contributed by atoms with van der Waals surface area (Å²) in [7, 11) is 6.16. The molecular formula is C36H28BN3. The van der Waals surface area contributed by atoms with Crippen molar-refractivity contribution in [3.05, 3.63) is 133 Å². The van der Waals surface area contributed by atoms with E-state index < -0.39 is 0 Å². The maximum Gasteiger partial charge on any atom is 0.164 e.